The molecular weight excluding hydrogens is 696 g/mol. The molecule has 0 aliphatic carbocycles. The van der Waals surface area contributed by atoms with E-state index in [-0.39, 0.29) is 89.2 Å². The Morgan fingerprint density at radius 3 is 0.226 bits per heavy atom. The van der Waals surface area contributed by atoms with Crippen molar-refractivity contribution in [2.45, 2.75) is 0 Å². The summed E-state index contributed by atoms with van der Waals surface area (Å²) in [4.78, 5) is 52.3. The Morgan fingerprint density at radius 2 is 0.189 bits per heavy atom. The maximum absolute atomic E-state index is 5.14. The van der Waals surface area contributed by atoms with E-state index in [1.165, 1.54) is 0 Å². The molecule has 5 rings (SSSR count). The van der Waals surface area contributed by atoms with Gasteiger partial charge >= 0.3 is 0 Å². The van der Waals surface area contributed by atoms with Gasteiger partial charge in [-0.15, -0.1) is 52.6 Å². The van der Waals surface area contributed by atoms with Crippen LogP contribution in [0.25, 0.3) is 0 Å². The predicted molar refractivity (Wildman–Crippen MR) is 210 cm³/mol. The molecule has 0 saturated heterocycles. The van der Waals surface area contributed by atoms with Crippen LogP contribution in [0.15, 0.2) is 52.6 Å². The van der Waals surface area contributed by atoms with Gasteiger partial charge in [0.1, 0.15) is 0 Å². The summed E-state index contributed by atoms with van der Waals surface area (Å²) in [6, 6.07) is 0. The van der Waals surface area contributed by atoms with Crippen molar-refractivity contribution in [1.82, 2.24) is 74.8 Å². The predicted octanol–water partition coefficient (Wildman–Crippen LogP) is -3.70. The lowest BCUT2D eigenvalue weighted by Gasteiger charge is -1.93. The third kappa shape index (κ3) is 27.8. The van der Waals surface area contributed by atoms with Gasteiger partial charge in [-0.25, -0.2) is 0 Å². The number of nitrogen functional groups attached to an aromatic ring is 15. The average Bonchev–Trinajstić information content (AvgIpc) is 3.03. The van der Waals surface area contributed by atoms with E-state index in [0.717, 1.165) is 0 Å². The molecule has 0 unspecified atom stereocenters. The van der Waals surface area contributed by atoms with Gasteiger partial charge in [-0.3, -0.25) is 0 Å². The number of anilines is 15. The van der Waals surface area contributed by atoms with Crippen molar-refractivity contribution in [1.29, 1.82) is 0 Å². The summed E-state index contributed by atoms with van der Waals surface area (Å²) in [6.45, 7) is 24.0. The van der Waals surface area contributed by atoms with Crippen LogP contribution in [0.3, 0.4) is 0 Å². The highest BCUT2D eigenvalue weighted by molar-refractivity contribution is 5.36. The van der Waals surface area contributed by atoms with Crippen molar-refractivity contribution in [2.75, 3.05) is 86.0 Å². The first-order valence-corrected chi connectivity index (χ1v) is 13.0. The Kier molecular flexibility index (Phi) is 28.0. The zero-order chi connectivity index (χ0) is 42.3. The SMILES string of the molecule is C=C.C=C.C=C.C=C.Nc1nc(N)nc(N)n1.Nc1nc(N)nc(N)n1.Nc1nc(N)nc(N)n1.Nc1nc(N)nc(N)n1.Nc1nc(N)nc(N)n1. The van der Waals surface area contributed by atoms with Crippen molar-refractivity contribution < 1.29 is 0 Å². The maximum atomic E-state index is 5.14. The topological polar surface area (TPSA) is 584 Å². The van der Waals surface area contributed by atoms with Gasteiger partial charge in [0.2, 0.25) is 89.2 Å². The van der Waals surface area contributed by atoms with Gasteiger partial charge < -0.3 is 86.0 Å². The zero-order valence-electron chi connectivity index (χ0n) is 28.5. The minimum absolute atomic E-state index is 0.0417. The number of aromatic nitrogens is 15. The number of hydrogen-bond donors (Lipinski definition) is 15. The van der Waals surface area contributed by atoms with Gasteiger partial charge in [0.05, 0.1) is 0 Å². The van der Waals surface area contributed by atoms with E-state index in [1.807, 2.05) is 0 Å². The normalized spacial score (nSPS) is 8.23. The highest BCUT2D eigenvalue weighted by atomic mass is 15.2. The Morgan fingerprint density at radius 1 is 0.151 bits per heavy atom. The molecule has 5 heterocycles. The minimum Gasteiger partial charge on any atom is -0.368 e. The summed E-state index contributed by atoms with van der Waals surface area (Å²) < 4.78 is 0. The van der Waals surface area contributed by atoms with Crippen LogP contribution in [0.1, 0.15) is 0 Å². The summed E-state index contributed by atoms with van der Waals surface area (Å²) in [5.74, 6) is 0.625. The molecule has 0 radical (unpaired) electrons. The van der Waals surface area contributed by atoms with Gasteiger partial charge in [0, 0.05) is 0 Å². The summed E-state index contributed by atoms with van der Waals surface area (Å²) in [7, 11) is 0. The van der Waals surface area contributed by atoms with Gasteiger partial charge in [0.25, 0.3) is 0 Å². The van der Waals surface area contributed by atoms with Crippen molar-refractivity contribution in [2.24, 2.45) is 0 Å². The number of rotatable bonds is 0. The van der Waals surface area contributed by atoms with Crippen LogP contribution in [-0.2, 0) is 0 Å². The summed E-state index contributed by atoms with van der Waals surface area (Å²) in [6.07, 6.45) is 0. The highest BCUT2D eigenvalue weighted by Gasteiger charge is 1.97. The maximum Gasteiger partial charge on any atom is 0.226 e. The molecule has 0 fully saturated rings. The van der Waals surface area contributed by atoms with E-state index in [0.29, 0.717) is 0 Å². The number of nitrogens with two attached hydrogens (primary N) is 15. The first-order valence-electron chi connectivity index (χ1n) is 13.0. The molecule has 0 aromatic carbocycles. The Labute approximate surface area is 302 Å². The first-order chi connectivity index (χ1) is 24.9. The van der Waals surface area contributed by atoms with Crippen LogP contribution in [0, 0.1) is 0 Å². The van der Waals surface area contributed by atoms with E-state index in [2.05, 4.69) is 127 Å². The largest absolute Gasteiger partial charge is 0.368 e. The lowest BCUT2D eigenvalue weighted by atomic mass is 10.9. The van der Waals surface area contributed by atoms with E-state index in [1.54, 1.807) is 0 Å². The molecule has 0 spiro atoms. The second-order valence-electron chi connectivity index (χ2n) is 7.05. The molecule has 5 aromatic rings. The zero-order valence-corrected chi connectivity index (χ0v) is 28.5. The fourth-order valence-corrected chi connectivity index (χ4v) is 2.14. The van der Waals surface area contributed by atoms with Crippen LogP contribution in [0.5, 0.6) is 0 Å². The number of nitrogens with zero attached hydrogens (tertiary/aromatic N) is 15. The third-order valence-electron chi connectivity index (χ3n) is 3.44. The fourth-order valence-electron chi connectivity index (χ4n) is 2.14. The van der Waals surface area contributed by atoms with Crippen molar-refractivity contribution >= 4 is 89.2 Å². The molecule has 0 atom stereocenters. The summed E-state index contributed by atoms with van der Waals surface area (Å²) >= 11 is 0. The quantitative estimate of drug-likeness (QED) is 0.0679. The Balaban J connectivity index is -0.000000270. The lowest BCUT2D eigenvalue weighted by molar-refractivity contribution is 1.09. The Hall–Kier alpha value is -8.99. The summed E-state index contributed by atoms with van der Waals surface area (Å²) in [5, 5.41) is 0. The second-order valence-corrected chi connectivity index (χ2v) is 7.05. The minimum atomic E-state index is 0.0417. The molecule has 0 aliphatic heterocycles. The van der Waals surface area contributed by atoms with Gasteiger partial charge in [-0.05, 0) is 0 Å². The number of hydrogen-bond acceptors (Lipinski definition) is 30. The van der Waals surface area contributed by atoms with Crippen LogP contribution in [0.4, 0.5) is 89.2 Å². The first kappa shape index (κ1) is 50.9. The van der Waals surface area contributed by atoms with Crippen LogP contribution < -0.4 is 86.0 Å². The average molecular weight is 743 g/mol. The lowest BCUT2D eigenvalue weighted by Crippen LogP contribution is -2.05. The van der Waals surface area contributed by atoms with E-state index < -0.39 is 0 Å². The molecule has 0 bridgehead atoms. The fraction of sp³-hybridized carbons (Fsp3) is 0. The molecule has 30 nitrogen and oxygen atoms in total. The monoisotopic (exact) mass is 742 g/mol. The van der Waals surface area contributed by atoms with Crippen molar-refractivity contribution in [3.8, 4) is 0 Å². The molecule has 53 heavy (non-hydrogen) atoms. The molecule has 0 aliphatic rings. The van der Waals surface area contributed by atoms with Gasteiger partial charge in [-0.2, -0.15) is 74.8 Å². The second kappa shape index (κ2) is 29.2. The van der Waals surface area contributed by atoms with E-state index >= 15 is 0 Å². The molecular formula is C23H46N30. The van der Waals surface area contributed by atoms with Gasteiger partial charge in [-0.1, -0.05) is 0 Å². The van der Waals surface area contributed by atoms with Crippen molar-refractivity contribution in [3.63, 3.8) is 0 Å². The highest BCUT2D eigenvalue weighted by Crippen LogP contribution is 2.00. The van der Waals surface area contributed by atoms with Crippen molar-refractivity contribution in [3.05, 3.63) is 52.6 Å². The molecule has 30 heteroatoms. The van der Waals surface area contributed by atoms with Crippen LogP contribution >= 0.6 is 0 Å². The van der Waals surface area contributed by atoms with Gasteiger partial charge in [0.15, 0.2) is 0 Å². The molecule has 30 N–H and O–H groups in total. The molecule has 0 saturated carbocycles. The standard InChI is InChI=1S/5C3H6N6.4C2H4/c5*4-1-7-2(5)9-3(6)8-1;4*1-2/h5*(H6,4,5,6,7,8,9);4*1-2H2. The van der Waals surface area contributed by atoms with Crippen LogP contribution in [0.2, 0.25) is 0 Å². The van der Waals surface area contributed by atoms with Crippen LogP contribution in [-0.4, -0.2) is 74.8 Å². The third-order valence-corrected chi connectivity index (χ3v) is 3.44. The molecule has 0 amide bonds. The van der Waals surface area contributed by atoms with E-state index in [4.69, 9.17) is 86.0 Å². The molecule has 288 valence electrons. The smallest absolute Gasteiger partial charge is 0.226 e. The van der Waals surface area contributed by atoms with E-state index in [9.17, 15) is 0 Å². The molecule has 5 aromatic heterocycles. The summed E-state index contributed by atoms with van der Waals surface area (Å²) in [5.41, 5.74) is 77.1. The Bertz CT molecular complexity index is 1200.